The van der Waals surface area contributed by atoms with Crippen molar-refractivity contribution in [3.05, 3.63) is 22.4 Å². The molecule has 0 aromatic carbocycles. The molecule has 0 aliphatic rings. The van der Waals surface area contributed by atoms with Crippen LogP contribution in [0.3, 0.4) is 0 Å². The molecular formula is C13H24N2S. The second-order valence-electron chi connectivity index (χ2n) is 5.47. The second kappa shape index (κ2) is 5.30. The highest BCUT2D eigenvalue weighted by atomic mass is 32.1. The van der Waals surface area contributed by atoms with E-state index in [1.54, 1.807) is 0 Å². The minimum atomic E-state index is 0.217. The summed E-state index contributed by atoms with van der Waals surface area (Å²) >= 11 is 1.82. The van der Waals surface area contributed by atoms with Crippen LogP contribution in [0.15, 0.2) is 17.5 Å². The average Bonchev–Trinajstić information content (AvgIpc) is 2.67. The molecule has 2 N–H and O–H groups in total. The zero-order valence-electron chi connectivity index (χ0n) is 11.0. The predicted molar refractivity (Wildman–Crippen MR) is 72.8 cm³/mol. The van der Waals surface area contributed by atoms with Crippen LogP contribution in [-0.2, 0) is 0 Å². The third-order valence-electron chi connectivity index (χ3n) is 3.28. The highest BCUT2D eigenvalue weighted by Crippen LogP contribution is 2.31. The molecule has 1 aromatic rings. The van der Waals surface area contributed by atoms with Gasteiger partial charge in [-0.2, -0.15) is 0 Å². The van der Waals surface area contributed by atoms with Crippen LogP contribution in [0.4, 0.5) is 0 Å². The summed E-state index contributed by atoms with van der Waals surface area (Å²) in [7, 11) is 2.17. The van der Waals surface area contributed by atoms with Crippen molar-refractivity contribution in [3.8, 4) is 0 Å². The molecule has 0 amide bonds. The topological polar surface area (TPSA) is 29.3 Å². The van der Waals surface area contributed by atoms with Gasteiger partial charge in [-0.15, -0.1) is 11.3 Å². The van der Waals surface area contributed by atoms with Gasteiger partial charge in [0.2, 0.25) is 0 Å². The summed E-state index contributed by atoms with van der Waals surface area (Å²) < 4.78 is 0. The van der Waals surface area contributed by atoms with Gasteiger partial charge in [0.25, 0.3) is 0 Å². The monoisotopic (exact) mass is 240 g/mol. The molecule has 0 aliphatic heterocycles. The van der Waals surface area contributed by atoms with E-state index < -0.39 is 0 Å². The summed E-state index contributed by atoms with van der Waals surface area (Å²) in [5, 5.41) is 2.13. The molecular weight excluding hydrogens is 216 g/mol. The number of rotatable bonds is 4. The molecule has 0 fully saturated rings. The van der Waals surface area contributed by atoms with Gasteiger partial charge >= 0.3 is 0 Å². The number of nitrogens with two attached hydrogens (primary N) is 1. The van der Waals surface area contributed by atoms with Crippen molar-refractivity contribution in [1.29, 1.82) is 0 Å². The van der Waals surface area contributed by atoms with Crippen molar-refractivity contribution < 1.29 is 0 Å². The number of thiophene rings is 1. The average molecular weight is 240 g/mol. The lowest BCUT2D eigenvalue weighted by Crippen LogP contribution is -2.47. The molecule has 0 bridgehead atoms. The van der Waals surface area contributed by atoms with Gasteiger partial charge in [0, 0.05) is 23.5 Å². The zero-order valence-corrected chi connectivity index (χ0v) is 11.8. The Hall–Kier alpha value is -0.380. The summed E-state index contributed by atoms with van der Waals surface area (Å²) in [6.07, 6.45) is 0. The molecule has 0 spiro atoms. The standard InChI is InChI=1S/C13H24N2S/c1-10(11-7-6-8-16-11)15(5)12(9-14)13(2,3)4/h6-8,10,12H,9,14H2,1-5H3. The summed E-state index contributed by atoms with van der Waals surface area (Å²) in [5.41, 5.74) is 6.13. The van der Waals surface area contributed by atoms with E-state index in [-0.39, 0.29) is 5.41 Å². The largest absolute Gasteiger partial charge is 0.329 e. The fourth-order valence-corrected chi connectivity index (χ4v) is 2.96. The Kier molecular flexibility index (Phi) is 4.53. The van der Waals surface area contributed by atoms with Crippen LogP contribution < -0.4 is 5.73 Å². The van der Waals surface area contributed by atoms with Crippen LogP contribution in [0.2, 0.25) is 0 Å². The third kappa shape index (κ3) is 3.06. The summed E-state index contributed by atoms with van der Waals surface area (Å²) in [4.78, 5) is 3.80. The zero-order chi connectivity index (χ0) is 12.3. The first-order chi connectivity index (χ1) is 7.38. The number of nitrogens with zero attached hydrogens (tertiary/aromatic N) is 1. The van der Waals surface area contributed by atoms with Crippen LogP contribution >= 0.6 is 11.3 Å². The molecule has 1 heterocycles. The molecule has 0 saturated carbocycles. The Labute approximate surface area is 103 Å². The van der Waals surface area contributed by atoms with Crippen LogP contribution in [0.1, 0.15) is 38.6 Å². The maximum absolute atomic E-state index is 5.91. The predicted octanol–water partition coefficient (Wildman–Crippen LogP) is 3.11. The normalized spacial score (nSPS) is 16.4. The second-order valence-corrected chi connectivity index (χ2v) is 6.45. The first kappa shape index (κ1) is 13.7. The Morgan fingerprint density at radius 2 is 2.06 bits per heavy atom. The SMILES string of the molecule is CC(c1cccs1)N(C)C(CN)C(C)(C)C. The highest BCUT2D eigenvalue weighted by Gasteiger charge is 2.30. The lowest BCUT2D eigenvalue weighted by molar-refractivity contribution is 0.0980. The Balaban J connectivity index is 2.80. The highest BCUT2D eigenvalue weighted by molar-refractivity contribution is 7.10. The molecule has 1 aromatic heterocycles. The van der Waals surface area contributed by atoms with Gasteiger partial charge in [-0.3, -0.25) is 4.90 Å². The maximum Gasteiger partial charge on any atom is 0.0413 e. The Morgan fingerprint density at radius 3 is 2.44 bits per heavy atom. The first-order valence-electron chi connectivity index (χ1n) is 5.83. The molecule has 3 heteroatoms. The smallest absolute Gasteiger partial charge is 0.0413 e. The lowest BCUT2D eigenvalue weighted by atomic mass is 9.85. The van der Waals surface area contributed by atoms with Crippen LogP contribution in [-0.4, -0.2) is 24.5 Å². The minimum Gasteiger partial charge on any atom is -0.329 e. The molecule has 0 radical (unpaired) electrons. The summed E-state index contributed by atoms with van der Waals surface area (Å²) in [5.74, 6) is 0. The van der Waals surface area contributed by atoms with Gasteiger partial charge in [0.15, 0.2) is 0 Å². The summed E-state index contributed by atoms with van der Waals surface area (Å²) in [6, 6.07) is 5.15. The number of hydrogen-bond acceptors (Lipinski definition) is 3. The van der Waals surface area contributed by atoms with Crippen molar-refractivity contribution in [2.75, 3.05) is 13.6 Å². The lowest BCUT2D eigenvalue weighted by Gasteiger charge is -2.40. The van der Waals surface area contributed by atoms with E-state index in [1.807, 2.05) is 11.3 Å². The number of likely N-dealkylation sites (N-methyl/N-ethyl adjacent to an activating group) is 1. The van der Waals surface area contributed by atoms with E-state index in [2.05, 4.69) is 57.2 Å². The molecule has 2 nitrogen and oxygen atoms in total. The quantitative estimate of drug-likeness (QED) is 0.876. The van der Waals surface area contributed by atoms with Gasteiger partial charge < -0.3 is 5.73 Å². The first-order valence-corrected chi connectivity index (χ1v) is 6.71. The van der Waals surface area contributed by atoms with E-state index in [9.17, 15) is 0 Å². The van der Waals surface area contributed by atoms with E-state index in [0.29, 0.717) is 18.6 Å². The maximum atomic E-state index is 5.91. The van der Waals surface area contributed by atoms with Gasteiger partial charge in [-0.25, -0.2) is 0 Å². The van der Waals surface area contributed by atoms with Crippen molar-refractivity contribution in [1.82, 2.24) is 4.90 Å². The molecule has 16 heavy (non-hydrogen) atoms. The van der Waals surface area contributed by atoms with Crippen LogP contribution in [0.25, 0.3) is 0 Å². The van der Waals surface area contributed by atoms with E-state index in [4.69, 9.17) is 5.73 Å². The molecule has 92 valence electrons. The van der Waals surface area contributed by atoms with Crippen molar-refractivity contribution in [3.63, 3.8) is 0 Å². The van der Waals surface area contributed by atoms with Crippen LogP contribution in [0.5, 0.6) is 0 Å². The molecule has 0 aliphatic carbocycles. The Bertz CT molecular complexity index is 300. The van der Waals surface area contributed by atoms with E-state index >= 15 is 0 Å². The fourth-order valence-electron chi connectivity index (χ4n) is 2.13. The van der Waals surface area contributed by atoms with E-state index in [0.717, 1.165) is 0 Å². The van der Waals surface area contributed by atoms with Crippen molar-refractivity contribution >= 4 is 11.3 Å². The van der Waals surface area contributed by atoms with Gasteiger partial charge in [0.1, 0.15) is 0 Å². The summed E-state index contributed by atoms with van der Waals surface area (Å²) in [6.45, 7) is 9.71. The van der Waals surface area contributed by atoms with Gasteiger partial charge in [0.05, 0.1) is 0 Å². The molecule has 1 rings (SSSR count). The van der Waals surface area contributed by atoms with E-state index in [1.165, 1.54) is 4.88 Å². The van der Waals surface area contributed by atoms with Crippen LogP contribution in [0, 0.1) is 5.41 Å². The Morgan fingerprint density at radius 1 is 1.44 bits per heavy atom. The molecule has 0 saturated heterocycles. The third-order valence-corrected chi connectivity index (χ3v) is 4.32. The van der Waals surface area contributed by atoms with Gasteiger partial charge in [-0.05, 0) is 30.8 Å². The molecule has 2 unspecified atom stereocenters. The fraction of sp³-hybridized carbons (Fsp3) is 0.692. The number of hydrogen-bond donors (Lipinski definition) is 1. The van der Waals surface area contributed by atoms with Crippen molar-refractivity contribution in [2.45, 2.75) is 39.8 Å². The van der Waals surface area contributed by atoms with Gasteiger partial charge in [-0.1, -0.05) is 26.8 Å². The minimum absolute atomic E-state index is 0.217. The molecule has 2 atom stereocenters. The van der Waals surface area contributed by atoms with Crippen molar-refractivity contribution in [2.24, 2.45) is 11.1 Å².